The third-order valence-corrected chi connectivity index (χ3v) is 3.89. The lowest BCUT2D eigenvalue weighted by Crippen LogP contribution is -2.49. The molecule has 1 unspecified atom stereocenters. The van der Waals surface area contributed by atoms with E-state index in [2.05, 4.69) is 5.32 Å². The molecule has 1 aliphatic rings. The van der Waals surface area contributed by atoms with E-state index < -0.39 is 17.5 Å². The molecule has 130 valence electrons. The molecule has 0 aliphatic carbocycles. The number of hydrogen-bond donors (Lipinski definition) is 1. The highest BCUT2D eigenvalue weighted by Crippen LogP contribution is 2.21. The minimum absolute atomic E-state index is 0.0504. The normalized spacial score (nSPS) is 20.5. The molecule has 2 rings (SSSR count). The van der Waals surface area contributed by atoms with Crippen LogP contribution in [0.4, 0.5) is 10.5 Å². The number of carbonyl (C=O) groups is 3. The Morgan fingerprint density at radius 2 is 1.92 bits per heavy atom. The smallest absolute Gasteiger partial charge is 0.325 e. The summed E-state index contributed by atoms with van der Waals surface area (Å²) in [6, 6.07) is 8.48. The van der Waals surface area contributed by atoms with Crippen molar-refractivity contribution in [3.05, 3.63) is 30.3 Å². The van der Waals surface area contributed by atoms with Crippen molar-refractivity contribution in [1.29, 1.82) is 0 Å². The third-order valence-electron chi connectivity index (χ3n) is 3.89. The van der Waals surface area contributed by atoms with E-state index in [1.54, 1.807) is 11.8 Å². The first-order chi connectivity index (χ1) is 11.3. The molecule has 0 saturated carbocycles. The Labute approximate surface area is 141 Å². The average molecular weight is 333 g/mol. The van der Waals surface area contributed by atoms with Crippen molar-refractivity contribution < 1.29 is 19.1 Å². The van der Waals surface area contributed by atoms with Crippen molar-refractivity contribution >= 4 is 23.5 Å². The van der Waals surface area contributed by atoms with Crippen LogP contribution in [0, 0.1) is 0 Å². The number of imide groups is 1. The van der Waals surface area contributed by atoms with E-state index in [1.807, 2.05) is 44.2 Å². The Bertz CT molecular complexity index is 632. The summed E-state index contributed by atoms with van der Waals surface area (Å²) in [4.78, 5) is 39.8. The van der Waals surface area contributed by atoms with Crippen molar-refractivity contribution in [1.82, 2.24) is 10.2 Å². The largest absolute Gasteiger partial charge is 0.382 e. The van der Waals surface area contributed by atoms with Crippen LogP contribution in [0.5, 0.6) is 0 Å². The van der Waals surface area contributed by atoms with Gasteiger partial charge in [0.1, 0.15) is 12.1 Å². The van der Waals surface area contributed by atoms with Gasteiger partial charge in [-0.3, -0.25) is 14.5 Å². The molecule has 0 spiro atoms. The number of urea groups is 1. The van der Waals surface area contributed by atoms with Crippen LogP contribution in [0.25, 0.3) is 0 Å². The molecule has 1 aromatic rings. The predicted octanol–water partition coefficient (Wildman–Crippen LogP) is 1.38. The van der Waals surface area contributed by atoms with Gasteiger partial charge in [0, 0.05) is 18.8 Å². The van der Waals surface area contributed by atoms with Crippen LogP contribution in [0.1, 0.15) is 20.8 Å². The number of para-hydroxylation sites is 1. The Morgan fingerprint density at radius 1 is 1.29 bits per heavy atom. The first kappa shape index (κ1) is 17.9. The van der Waals surface area contributed by atoms with Crippen molar-refractivity contribution in [3.8, 4) is 0 Å². The van der Waals surface area contributed by atoms with Crippen molar-refractivity contribution in [2.45, 2.75) is 32.4 Å². The van der Waals surface area contributed by atoms with E-state index in [4.69, 9.17) is 4.74 Å². The minimum atomic E-state index is -1.14. The van der Waals surface area contributed by atoms with Gasteiger partial charge in [0.2, 0.25) is 5.91 Å². The van der Waals surface area contributed by atoms with E-state index in [-0.39, 0.29) is 25.1 Å². The fraction of sp³-hybridized carbons (Fsp3) is 0.471. The van der Waals surface area contributed by atoms with Crippen LogP contribution in [0.3, 0.4) is 0 Å². The summed E-state index contributed by atoms with van der Waals surface area (Å²) >= 11 is 0. The Morgan fingerprint density at radius 3 is 2.46 bits per heavy atom. The summed E-state index contributed by atoms with van der Waals surface area (Å²) in [5, 5.41) is 2.59. The monoisotopic (exact) mass is 333 g/mol. The van der Waals surface area contributed by atoms with Gasteiger partial charge in [0.25, 0.3) is 5.91 Å². The highest BCUT2D eigenvalue weighted by atomic mass is 16.5. The number of ether oxygens (including phenoxy) is 1. The van der Waals surface area contributed by atoms with Crippen LogP contribution in [0.2, 0.25) is 0 Å². The molecular weight excluding hydrogens is 310 g/mol. The van der Waals surface area contributed by atoms with Crippen LogP contribution in [-0.4, -0.2) is 54.6 Å². The zero-order chi connectivity index (χ0) is 17.9. The summed E-state index contributed by atoms with van der Waals surface area (Å²) in [7, 11) is 1.45. The summed E-state index contributed by atoms with van der Waals surface area (Å²) in [6.07, 6.45) is 0. The number of rotatable bonds is 6. The molecule has 1 atom stereocenters. The fourth-order valence-electron chi connectivity index (χ4n) is 2.81. The molecule has 7 heteroatoms. The Kier molecular flexibility index (Phi) is 5.23. The van der Waals surface area contributed by atoms with E-state index in [9.17, 15) is 14.4 Å². The number of carbonyl (C=O) groups excluding carboxylic acids is 3. The molecule has 1 aromatic carbocycles. The van der Waals surface area contributed by atoms with E-state index in [0.29, 0.717) is 0 Å². The second kappa shape index (κ2) is 7.00. The molecule has 1 aliphatic heterocycles. The van der Waals surface area contributed by atoms with E-state index in [1.165, 1.54) is 7.11 Å². The summed E-state index contributed by atoms with van der Waals surface area (Å²) in [5.74, 6) is -0.777. The highest BCUT2D eigenvalue weighted by molar-refractivity contribution is 6.10. The first-order valence-electron chi connectivity index (χ1n) is 7.80. The summed E-state index contributed by atoms with van der Waals surface area (Å²) < 4.78 is 5.00. The zero-order valence-corrected chi connectivity index (χ0v) is 14.4. The van der Waals surface area contributed by atoms with Gasteiger partial charge in [-0.1, -0.05) is 18.2 Å². The van der Waals surface area contributed by atoms with Gasteiger partial charge in [-0.15, -0.1) is 0 Å². The van der Waals surface area contributed by atoms with Gasteiger partial charge in [0.05, 0.1) is 6.61 Å². The predicted molar refractivity (Wildman–Crippen MR) is 89.6 cm³/mol. The van der Waals surface area contributed by atoms with Gasteiger partial charge in [-0.25, -0.2) is 4.79 Å². The molecule has 4 amide bonds. The zero-order valence-electron chi connectivity index (χ0n) is 14.4. The van der Waals surface area contributed by atoms with Crippen LogP contribution in [-0.2, 0) is 14.3 Å². The second-order valence-corrected chi connectivity index (χ2v) is 6.28. The first-order valence-corrected chi connectivity index (χ1v) is 7.80. The van der Waals surface area contributed by atoms with Crippen LogP contribution >= 0.6 is 0 Å². The van der Waals surface area contributed by atoms with Gasteiger partial charge in [-0.2, -0.15) is 0 Å². The maximum atomic E-state index is 12.7. The maximum Gasteiger partial charge on any atom is 0.325 e. The standard InChI is InChI=1S/C17H23N3O4/c1-12(2)20(13-8-6-5-7-9-13)14(21)10-19-15(22)17(3,11-24-4)18-16(19)23/h5-9,12H,10-11H2,1-4H3,(H,18,23). The molecule has 0 radical (unpaired) electrons. The van der Waals surface area contributed by atoms with E-state index >= 15 is 0 Å². The lowest BCUT2D eigenvalue weighted by atomic mass is 10.0. The third kappa shape index (κ3) is 3.41. The van der Waals surface area contributed by atoms with Gasteiger partial charge in [0.15, 0.2) is 0 Å². The molecule has 1 saturated heterocycles. The summed E-state index contributed by atoms with van der Waals surface area (Å²) in [5.41, 5.74) is -0.411. The number of nitrogens with one attached hydrogen (secondary N) is 1. The fourth-order valence-corrected chi connectivity index (χ4v) is 2.81. The second-order valence-electron chi connectivity index (χ2n) is 6.28. The minimum Gasteiger partial charge on any atom is -0.382 e. The van der Waals surface area contributed by atoms with E-state index in [0.717, 1.165) is 10.6 Å². The average Bonchev–Trinajstić information content (AvgIpc) is 2.72. The number of amides is 4. The molecule has 0 aromatic heterocycles. The molecule has 24 heavy (non-hydrogen) atoms. The number of anilines is 1. The van der Waals surface area contributed by atoms with Gasteiger partial charge in [-0.05, 0) is 32.9 Å². The van der Waals surface area contributed by atoms with Gasteiger partial charge < -0.3 is 15.0 Å². The summed E-state index contributed by atoms with van der Waals surface area (Å²) in [6.45, 7) is 5.09. The van der Waals surface area contributed by atoms with Gasteiger partial charge >= 0.3 is 6.03 Å². The quantitative estimate of drug-likeness (QED) is 0.798. The van der Waals surface area contributed by atoms with Crippen molar-refractivity contribution in [2.24, 2.45) is 0 Å². The van der Waals surface area contributed by atoms with Crippen LogP contribution in [0.15, 0.2) is 30.3 Å². The topological polar surface area (TPSA) is 79.0 Å². The molecule has 7 nitrogen and oxygen atoms in total. The number of nitrogens with zero attached hydrogens (tertiary/aromatic N) is 2. The maximum absolute atomic E-state index is 12.7. The van der Waals surface area contributed by atoms with Crippen molar-refractivity contribution in [3.63, 3.8) is 0 Å². The Hall–Kier alpha value is -2.41. The molecule has 1 N–H and O–H groups in total. The Balaban J connectivity index is 2.19. The molecule has 0 bridgehead atoms. The van der Waals surface area contributed by atoms with Crippen molar-refractivity contribution in [2.75, 3.05) is 25.2 Å². The lowest BCUT2D eigenvalue weighted by molar-refractivity contribution is -0.135. The number of methoxy groups -OCH3 is 1. The lowest BCUT2D eigenvalue weighted by Gasteiger charge is -2.28. The molecular formula is C17H23N3O4. The number of hydrogen-bond acceptors (Lipinski definition) is 4. The van der Waals surface area contributed by atoms with Crippen LogP contribution < -0.4 is 10.2 Å². The SMILES string of the molecule is COCC1(C)NC(=O)N(CC(=O)N(c2ccccc2)C(C)C)C1=O. The molecule has 1 fully saturated rings. The molecule has 1 heterocycles. The highest BCUT2D eigenvalue weighted by Gasteiger charge is 2.48. The number of benzene rings is 1.